The van der Waals surface area contributed by atoms with Crippen molar-refractivity contribution in [2.75, 3.05) is 0 Å². The molecule has 0 aliphatic rings. The predicted octanol–water partition coefficient (Wildman–Crippen LogP) is 4.86. The van der Waals surface area contributed by atoms with Crippen LogP contribution in [0.15, 0.2) is 57.1 Å². The van der Waals surface area contributed by atoms with Crippen LogP contribution in [-0.2, 0) is 0 Å². The van der Waals surface area contributed by atoms with Crippen LogP contribution in [0.1, 0.15) is 44.0 Å². The van der Waals surface area contributed by atoms with Crippen molar-refractivity contribution in [3.63, 3.8) is 0 Å². The van der Waals surface area contributed by atoms with E-state index in [0.29, 0.717) is 5.56 Å². The summed E-state index contributed by atoms with van der Waals surface area (Å²) in [4.78, 5) is 11.8. The molecule has 3 nitrogen and oxygen atoms in total. The molecule has 1 aromatic rings. The summed E-state index contributed by atoms with van der Waals surface area (Å²) >= 11 is 3.33. The summed E-state index contributed by atoms with van der Waals surface area (Å²) in [5.74, 6) is -0.219. The van der Waals surface area contributed by atoms with Crippen LogP contribution in [0.3, 0.4) is 0 Å². The molecule has 0 spiro atoms. The van der Waals surface area contributed by atoms with Gasteiger partial charge >= 0.3 is 0 Å². The molecule has 0 aliphatic heterocycles. The molecule has 112 valence electrons. The number of benzene rings is 1. The first kappa shape index (κ1) is 17.4. The Morgan fingerprint density at radius 1 is 1.33 bits per heavy atom. The van der Waals surface area contributed by atoms with Crippen molar-refractivity contribution in [1.29, 1.82) is 0 Å². The number of halogens is 1. The molecule has 0 saturated carbocycles. The van der Waals surface area contributed by atoms with Gasteiger partial charge in [0.25, 0.3) is 5.91 Å². The number of hydrazone groups is 1. The second-order valence-corrected chi connectivity index (χ2v) is 5.98. The van der Waals surface area contributed by atoms with Crippen molar-refractivity contribution < 1.29 is 4.79 Å². The molecule has 4 heteroatoms. The Morgan fingerprint density at radius 2 is 2.10 bits per heavy atom. The maximum absolute atomic E-state index is 11.8. The Kier molecular flexibility index (Phi) is 7.69. The molecule has 0 aliphatic carbocycles. The number of nitrogens with one attached hydrogen (secondary N) is 1. The van der Waals surface area contributed by atoms with Gasteiger partial charge in [-0.15, -0.1) is 0 Å². The fraction of sp³-hybridized carbons (Fsp3) is 0.294. The van der Waals surface area contributed by atoms with Crippen LogP contribution in [0.2, 0.25) is 0 Å². The highest BCUT2D eigenvalue weighted by Crippen LogP contribution is 2.11. The lowest BCUT2D eigenvalue weighted by molar-refractivity contribution is 0.0955. The molecule has 0 atom stereocenters. The highest BCUT2D eigenvalue weighted by atomic mass is 79.9. The first-order valence-electron chi connectivity index (χ1n) is 6.87. The summed E-state index contributed by atoms with van der Waals surface area (Å²) in [5, 5.41) is 3.93. The van der Waals surface area contributed by atoms with Crippen molar-refractivity contribution in [1.82, 2.24) is 5.43 Å². The van der Waals surface area contributed by atoms with Gasteiger partial charge in [0, 0.05) is 16.3 Å². The van der Waals surface area contributed by atoms with Gasteiger partial charge in [0.05, 0.1) is 0 Å². The lowest BCUT2D eigenvalue weighted by Crippen LogP contribution is -2.17. The molecule has 0 fully saturated rings. The molecule has 0 bridgehead atoms. The smallest absolute Gasteiger partial charge is 0.267 e. The molecule has 1 N–H and O–H groups in total. The van der Waals surface area contributed by atoms with Crippen LogP contribution >= 0.6 is 15.9 Å². The summed E-state index contributed by atoms with van der Waals surface area (Å²) in [6.45, 7) is 6.25. The first-order valence-corrected chi connectivity index (χ1v) is 7.66. The van der Waals surface area contributed by atoms with Gasteiger partial charge in [0.2, 0.25) is 0 Å². The minimum Gasteiger partial charge on any atom is -0.267 e. The molecule has 0 radical (unpaired) electrons. The van der Waals surface area contributed by atoms with E-state index in [1.807, 2.05) is 18.2 Å². The van der Waals surface area contributed by atoms with Crippen molar-refractivity contribution in [2.24, 2.45) is 5.10 Å². The molecule has 0 heterocycles. The topological polar surface area (TPSA) is 41.5 Å². The quantitative estimate of drug-likeness (QED) is 0.445. The van der Waals surface area contributed by atoms with Crippen molar-refractivity contribution >= 4 is 28.1 Å². The van der Waals surface area contributed by atoms with E-state index in [-0.39, 0.29) is 5.91 Å². The van der Waals surface area contributed by atoms with Crippen molar-refractivity contribution in [3.05, 3.63) is 57.6 Å². The molecule has 1 amide bonds. The van der Waals surface area contributed by atoms with E-state index in [1.165, 1.54) is 11.1 Å². The monoisotopic (exact) mass is 348 g/mol. The van der Waals surface area contributed by atoms with E-state index in [2.05, 4.69) is 53.3 Å². The zero-order valence-corrected chi connectivity index (χ0v) is 14.3. The van der Waals surface area contributed by atoms with Crippen molar-refractivity contribution in [3.8, 4) is 0 Å². The predicted molar refractivity (Wildman–Crippen MR) is 92.5 cm³/mol. The van der Waals surface area contributed by atoms with Gasteiger partial charge in [-0.25, -0.2) is 5.43 Å². The minimum atomic E-state index is -0.219. The maximum Gasteiger partial charge on any atom is 0.271 e. The van der Waals surface area contributed by atoms with Crippen LogP contribution in [0.25, 0.3) is 0 Å². The minimum absolute atomic E-state index is 0.219. The van der Waals surface area contributed by atoms with Crippen molar-refractivity contribution in [2.45, 2.75) is 33.6 Å². The molecule has 21 heavy (non-hydrogen) atoms. The average Bonchev–Trinajstić information content (AvgIpc) is 2.43. The summed E-state index contributed by atoms with van der Waals surface area (Å²) < 4.78 is 0.870. The largest absolute Gasteiger partial charge is 0.271 e. The third-order valence-corrected chi connectivity index (χ3v) is 3.27. The van der Waals surface area contributed by atoms with Gasteiger partial charge < -0.3 is 0 Å². The van der Waals surface area contributed by atoms with Gasteiger partial charge in [-0.2, -0.15) is 5.10 Å². The molecular formula is C17H21BrN2O. The van der Waals surface area contributed by atoms with Crippen LogP contribution in [-0.4, -0.2) is 12.1 Å². The Morgan fingerprint density at radius 3 is 2.76 bits per heavy atom. The molecule has 0 unspecified atom stereocenters. The number of amides is 1. The van der Waals surface area contributed by atoms with Gasteiger partial charge in [0.1, 0.15) is 0 Å². The number of carbonyl (C=O) groups excluding carboxylic acids is 1. The van der Waals surface area contributed by atoms with E-state index >= 15 is 0 Å². The first-order chi connectivity index (χ1) is 9.99. The Balaban J connectivity index is 2.43. The Hall–Kier alpha value is -1.68. The number of hydrogen-bond acceptors (Lipinski definition) is 2. The zero-order chi connectivity index (χ0) is 15.7. The SMILES string of the molecule is CC(C)=CCC/C(C)=C/C=NNC(=O)c1cccc(Br)c1. The van der Waals surface area contributed by atoms with Gasteiger partial charge in [-0.1, -0.05) is 39.2 Å². The highest BCUT2D eigenvalue weighted by molar-refractivity contribution is 9.10. The maximum atomic E-state index is 11.8. The Labute approximate surface area is 135 Å². The summed E-state index contributed by atoms with van der Waals surface area (Å²) in [6, 6.07) is 7.19. The molecular weight excluding hydrogens is 328 g/mol. The fourth-order valence-corrected chi connectivity index (χ4v) is 2.03. The van der Waals surface area contributed by atoms with Gasteiger partial charge in [-0.3, -0.25) is 4.79 Å². The van der Waals surface area contributed by atoms with Gasteiger partial charge in [0.15, 0.2) is 0 Å². The second-order valence-electron chi connectivity index (χ2n) is 5.06. The standard InChI is InChI=1S/C17H21BrN2O/c1-13(2)6-4-7-14(3)10-11-19-20-17(21)15-8-5-9-16(18)12-15/h5-6,8-12H,4,7H2,1-3H3,(H,20,21)/b14-10+,19-11?. The zero-order valence-electron chi connectivity index (χ0n) is 12.7. The molecule has 1 rings (SSSR count). The second kappa shape index (κ2) is 9.29. The van der Waals surface area contributed by atoms with Crippen LogP contribution < -0.4 is 5.43 Å². The van der Waals surface area contributed by atoms with E-state index in [0.717, 1.165) is 17.3 Å². The Bertz CT molecular complexity index is 570. The number of allylic oxidation sites excluding steroid dienone is 4. The fourth-order valence-electron chi connectivity index (χ4n) is 1.63. The summed E-state index contributed by atoms with van der Waals surface area (Å²) in [7, 11) is 0. The third-order valence-electron chi connectivity index (χ3n) is 2.78. The average molecular weight is 349 g/mol. The van der Waals surface area contributed by atoms with Gasteiger partial charge in [-0.05, 0) is 57.9 Å². The van der Waals surface area contributed by atoms with E-state index in [9.17, 15) is 4.79 Å². The summed E-state index contributed by atoms with van der Waals surface area (Å²) in [5.41, 5.74) is 5.64. The number of nitrogens with zero attached hydrogens (tertiary/aromatic N) is 1. The van der Waals surface area contributed by atoms with E-state index < -0.39 is 0 Å². The van der Waals surface area contributed by atoms with Crippen LogP contribution in [0, 0.1) is 0 Å². The number of carbonyl (C=O) groups is 1. The van der Waals surface area contributed by atoms with E-state index in [1.54, 1.807) is 18.3 Å². The molecule has 0 aromatic heterocycles. The lowest BCUT2D eigenvalue weighted by atomic mass is 10.1. The lowest BCUT2D eigenvalue weighted by Gasteiger charge is -2.00. The number of hydrogen-bond donors (Lipinski definition) is 1. The van der Waals surface area contributed by atoms with E-state index in [4.69, 9.17) is 0 Å². The molecule has 1 aromatic carbocycles. The normalized spacial score (nSPS) is 11.5. The van der Waals surface area contributed by atoms with Crippen LogP contribution in [0.4, 0.5) is 0 Å². The third kappa shape index (κ3) is 7.61. The van der Waals surface area contributed by atoms with Crippen LogP contribution in [0.5, 0.6) is 0 Å². The molecule has 0 saturated heterocycles. The number of rotatable bonds is 6. The summed E-state index contributed by atoms with van der Waals surface area (Å²) in [6.07, 6.45) is 7.77. The highest BCUT2D eigenvalue weighted by Gasteiger charge is 2.03.